The molecule has 124 heavy (non-hydrogen) atoms. The van der Waals surface area contributed by atoms with Gasteiger partial charge in [-0.15, -0.1) is 24.0 Å². The maximum atomic E-state index is 14.8. The molecule has 3 aromatic heterocycles. The van der Waals surface area contributed by atoms with Crippen molar-refractivity contribution in [3.63, 3.8) is 0 Å². The number of hydrogen-bond acceptors (Lipinski definition) is 18. The van der Waals surface area contributed by atoms with Crippen molar-refractivity contribution in [2.24, 2.45) is 17.8 Å². The molecule has 656 valence electrons. The minimum absolute atomic E-state index is 0. The number of ether oxygens (including phenoxy) is 5. The number of carboxylic acid groups (broad SMARTS) is 2. The molecule has 3 N–H and O–H groups in total. The molecule has 6 bridgehead atoms. The fraction of sp³-hybridized carbons (Fsp3) is 0.368. The average Bonchev–Trinajstić information content (AvgIpc) is 1.62. The first kappa shape index (κ1) is 92.5. The van der Waals surface area contributed by atoms with Gasteiger partial charge in [-0.05, 0) is 188 Å². The van der Waals surface area contributed by atoms with Gasteiger partial charge in [0.05, 0.1) is 125 Å². The highest BCUT2D eigenvalue weighted by Crippen LogP contribution is 2.52. The molecular formula is C87H75Br2Cl6F8IN6O14. The molecule has 19 rings (SSSR count). The van der Waals surface area contributed by atoms with Crippen LogP contribution in [0, 0.1) is 64.3 Å². The minimum Gasteiger partial charge on any atom is -0.478 e. The van der Waals surface area contributed by atoms with Crippen LogP contribution in [-0.2, 0) is 43.5 Å². The van der Waals surface area contributed by atoms with Crippen molar-refractivity contribution in [1.29, 1.82) is 0 Å². The molecule has 37 heteroatoms. The minimum atomic E-state index is -1.49. The fourth-order valence-electron chi connectivity index (χ4n) is 16.9. The second-order valence-electron chi connectivity index (χ2n) is 31.3. The van der Waals surface area contributed by atoms with E-state index in [1.165, 1.54) is 6.42 Å². The molecule has 3 saturated heterocycles. The van der Waals surface area contributed by atoms with E-state index in [4.69, 9.17) is 108 Å². The summed E-state index contributed by atoms with van der Waals surface area (Å²) >= 11 is 44.1. The largest absolute Gasteiger partial charge is 0.478 e. The molecule has 0 spiro atoms. The highest BCUT2D eigenvalue weighted by Gasteiger charge is 2.49. The summed E-state index contributed by atoms with van der Waals surface area (Å²) in [5, 5.41) is 37.0. The number of aromatic nitrogens is 3. The predicted octanol–water partition coefficient (Wildman–Crippen LogP) is 23.8. The predicted molar refractivity (Wildman–Crippen MR) is 463 cm³/mol. The van der Waals surface area contributed by atoms with E-state index in [-0.39, 0.29) is 87.0 Å². The van der Waals surface area contributed by atoms with Crippen molar-refractivity contribution in [2.75, 3.05) is 43.7 Å². The normalized spacial score (nSPS) is 21.1. The number of benzene rings is 7. The van der Waals surface area contributed by atoms with Gasteiger partial charge in [0.2, 0.25) is 0 Å². The molecule has 6 aliphatic carbocycles. The van der Waals surface area contributed by atoms with Crippen LogP contribution in [0.25, 0.3) is 33.8 Å². The third-order valence-electron chi connectivity index (χ3n) is 23.5. The number of hydrogen-bond donors (Lipinski definition) is 3. The quantitative estimate of drug-likeness (QED) is 0.0262. The van der Waals surface area contributed by atoms with Crippen LogP contribution in [0.2, 0.25) is 30.1 Å². The molecule has 10 aromatic rings. The lowest BCUT2D eigenvalue weighted by Crippen LogP contribution is -2.39. The van der Waals surface area contributed by atoms with E-state index < -0.39 is 92.7 Å². The topological polar surface area (TPSA) is 251 Å². The number of carboxylic acids is 2. The number of fused-ring (bicyclic) bond motifs is 6. The molecule has 9 aliphatic rings. The number of anilines is 2. The van der Waals surface area contributed by atoms with Gasteiger partial charge in [-0.3, -0.25) is 0 Å². The second-order valence-corrected chi connectivity index (χ2v) is 35.5. The number of nitrogens with one attached hydrogen (secondary N) is 1. The van der Waals surface area contributed by atoms with E-state index in [0.29, 0.717) is 134 Å². The zero-order chi connectivity index (χ0) is 87.3. The van der Waals surface area contributed by atoms with Gasteiger partial charge >= 0.3 is 23.9 Å². The number of esters is 2. The highest BCUT2D eigenvalue weighted by molar-refractivity contribution is 14.0. The molecule has 9 atom stereocenters. The summed E-state index contributed by atoms with van der Waals surface area (Å²) in [6, 6.07) is 23.5. The van der Waals surface area contributed by atoms with Crippen LogP contribution in [0.5, 0.6) is 0 Å². The van der Waals surface area contributed by atoms with E-state index >= 15 is 0 Å². The van der Waals surface area contributed by atoms with Crippen LogP contribution in [-0.4, -0.2) is 120 Å². The Morgan fingerprint density at radius 1 is 0.435 bits per heavy atom. The van der Waals surface area contributed by atoms with E-state index in [0.717, 1.165) is 166 Å². The number of carbonyl (C=O) groups excluding carboxylic acids is 2. The Balaban J connectivity index is 0.000000134. The molecule has 6 heterocycles. The first-order valence-corrected chi connectivity index (χ1v) is 43.1. The van der Waals surface area contributed by atoms with Crippen molar-refractivity contribution in [1.82, 2.24) is 20.8 Å². The number of carbonyl (C=O) groups is 4. The Morgan fingerprint density at radius 2 is 0.750 bits per heavy atom. The number of rotatable bonds is 21. The summed E-state index contributed by atoms with van der Waals surface area (Å²) in [5.41, 5.74) is 4.74. The Bertz CT molecular complexity index is 5670. The van der Waals surface area contributed by atoms with Gasteiger partial charge < -0.3 is 62.6 Å². The van der Waals surface area contributed by atoms with E-state index in [1.54, 1.807) is 36.4 Å². The van der Waals surface area contributed by atoms with Gasteiger partial charge in [-0.25, -0.2) is 54.3 Å². The molecule has 9 fully saturated rings. The van der Waals surface area contributed by atoms with Crippen LogP contribution in [0.15, 0.2) is 126 Å². The van der Waals surface area contributed by atoms with Crippen molar-refractivity contribution >= 4 is 161 Å². The zero-order valence-electron chi connectivity index (χ0n) is 65.5. The van der Waals surface area contributed by atoms with Crippen molar-refractivity contribution in [3.8, 4) is 33.8 Å². The zero-order valence-corrected chi connectivity index (χ0v) is 75.5. The van der Waals surface area contributed by atoms with Gasteiger partial charge in [-0.2, -0.15) is 0 Å². The van der Waals surface area contributed by atoms with Gasteiger partial charge in [-0.1, -0.05) is 103 Å². The lowest BCUT2D eigenvalue weighted by atomic mass is 10.0. The number of methoxy groups -OCH3 is 2. The van der Waals surface area contributed by atoms with Gasteiger partial charge in [0.15, 0.2) is 0 Å². The molecular weight excluding hydrogens is 2000 g/mol. The van der Waals surface area contributed by atoms with Crippen molar-refractivity contribution in [2.45, 2.75) is 151 Å². The number of halogens is 17. The molecule has 3 aliphatic heterocycles. The van der Waals surface area contributed by atoms with Crippen molar-refractivity contribution in [3.05, 3.63) is 245 Å². The van der Waals surface area contributed by atoms with Crippen LogP contribution in [0.1, 0.15) is 170 Å². The van der Waals surface area contributed by atoms with E-state index in [1.807, 2.05) is 28.0 Å². The Morgan fingerprint density at radius 3 is 1.06 bits per heavy atom. The van der Waals surface area contributed by atoms with Crippen LogP contribution < -0.4 is 15.1 Å². The van der Waals surface area contributed by atoms with E-state index in [2.05, 4.69) is 62.1 Å². The standard InChI is InChI=1S/C27H24Cl2F2N2O4.C26H22Cl2F2N2O4.C19H20Cl2N2O2.C8H5BrF2O2.C7H3BrF2O2.HI/c1-35-27(34)16-9-21(31)22(10-20(16)30)33-11-14-7-15(33)8-23(14)36-12-17-25(32-37-26(17)13-5-6-13)24-18(28)3-2-4-19(24)29;27-17-2-1-3-18(28)23(17)24-16(25(36-31-24)12-4-5-12)11-35-22-7-14-6-13(22)10-32(14)21-9-19(29)15(26(33)34)8-20(21)30;20-14-2-1-3-15(21)17(14)18-13(19(25-23-18)10-4-5-10)9-24-16-7-12-6-11(16)8-22-12;1-13-8(12)4-2-7(11)5(9)3-6(4)10;8-4-2-5(9)3(7(11)12)1-6(4)10;/h2-4,9-10,13-15,23H,5-8,11-12H2,1H3;1-3,8-9,12-14,22H,4-7,10-11H2,(H,33,34);1-3,10-12,16,22H,4-9H2;2-3H,1H3;1-2H,(H,11,12);1H/t14-,15-,23+;13-,14-,22+;11-,12-,16+;;;/m000.../s1. The molecule has 20 nitrogen and oxygen atoms in total. The van der Waals surface area contributed by atoms with Crippen LogP contribution in [0.4, 0.5) is 46.5 Å². The second kappa shape index (κ2) is 39.5. The Kier molecular flexibility index (Phi) is 29.5. The van der Waals surface area contributed by atoms with Gasteiger partial charge in [0, 0.05) is 113 Å². The fourth-order valence-corrected chi connectivity index (χ4v) is 19.3. The lowest BCUT2D eigenvalue weighted by Gasteiger charge is -2.33. The molecule has 6 saturated carbocycles. The summed E-state index contributed by atoms with van der Waals surface area (Å²) in [5.74, 6) is -6.61. The van der Waals surface area contributed by atoms with Crippen molar-refractivity contribution < 1.29 is 102 Å². The molecule has 7 aromatic carbocycles. The van der Waals surface area contributed by atoms with E-state index in [9.17, 15) is 54.3 Å². The lowest BCUT2D eigenvalue weighted by molar-refractivity contribution is 0.00912. The first-order valence-electron chi connectivity index (χ1n) is 39.3. The average molecular weight is 2080 g/mol. The van der Waals surface area contributed by atoms with Crippen LogP contribution in [0.3, 0.4) is 0 Å². The number of piperidine rings is 3. The number of nitrogens with zero attached hydrogens (tertiary/aromatic N) is 5. The SMILES string of the molecule is COC(=O)c1cc(F)c(Br)cc1F.COC(=O)c1cc(F)c(N2C[C@@H]3C[C@H]2C[C@H]3OCc2c(-c3c(Cl)cccc3Cl)noc2C2CC2)cc1F.Clc1cccc(Cl)c1-c1noc(C2CC2)c1CO[C@@H]1C[C@@H]2C[C@H]1CN2.I.O=C(O)c1cc(F)c(Br)cc1F.O=C(O)c1cc(F)c(N2C[C@@H]3C[C@H]2C[C@H]3OCc2c(-c3c(Cl)cccc3Cl)noc2C2CC2)cc1F. The summed E-state index contributed by atoms with van der Waals surface area (Å²) in [6.07, 6.45) is 11.9. The Labute approximate surface area is 768 Å². The summed E-state index contributed by atoms with van der Waals surface area (Å²) in [6.45, 7) is 3.21. The third-order valence-corrected chi connectivity index (χ3v) is 26.6. The van der Waals surface area contributed by atoms with Gasteiger partial charge in [0.25, 0.3) is 0 Å². The number of aromatic carboxylic acids is 2. The smallest absolute Gasteiger partial charge is 0.340 e. The molecule has 0 radical (unpaired) electrons. The molecule has 0 unspecified atom stereocenters. The van der Waals surface area contributed by atoms with Gasteiger partial charge in [0.1, 0.15) is 80.9 Å². The third kappa shape index (κ3) is 20.1. The monoisotopic (exact) mass is 2070 g/mol. The summed E-state index contributed by atoms with van der Waals surface area (Å²) in [4.78, 5) is 47.6. The first-order chi connectivity index (χ1) is 58.9. The maximum absolute atomic E-state index is 14.8. The maximum Gasteiger partial charge on any atom is 0.340 e. The Hall–Kier alpha value is -7.64. The summed E-state index contributed by atoms with van der Waals surface area (Å²) in [7, 11) is 2.23. The molecule has 0 amide bonds. The van der Waals surface area contributed by atoms with Crippen LogP contribution >= 0.6 is 125 Å². The highest BCUT2D eigenvalue weighted by atomic mass is 127. The summed E-state index contributed by atoms with van der Waals surface area (Å²) < 4.78 is 154.